The van der Waals surface area contributed by atoms with E-state index in [4.69, 9.17) is 10.2 Å². The molecule has 1 saturated carbocycles. The van der Waals surface area contributed by atoms with Gasteiger partial charge in [-0.15, -0.1) is 0 Å². The van der Waals surface area contributed by atoms with Crippen molar-refractivity contribution < 1.29 is 14.6 Å². The van der Waals surface area contributed by atoms with Gasteiger partial charge in [-0.1, -0.05) is 0 Å². The van der Waals surface area contributed by atoms with E-state index in [0.29, 0.717) is 12.8 Å². The van der Waals surface area contributed by atoms with E-state index in [1.807, 2.05) is 0 Å². The molecule has 0 aromatic rings. The second-order valence-corrected chi connectivity index (χ2v) is 2.23. The van der Waals surface area contributed by atoms with Gasteiger partial charge in [0.1, 0.15) is 11.8 Å². The highest BCUT2D eigenvalue weighted by molar-refractivity contribution is 4.99. The summed E-state index contributed by atoms with van der Waals surface area (Å²) in [6.07, 6.45) is -0.355. The molecule has 1 aliphatic rings. The zero-order valence-corrected chi connectivity index (χ0v) is 4.47. The van der Waals surface area contributed by atoms with Crippen molar-refractivity contribution in [3.8, 4) is 0 Å². The Balaban J connectivity index is 2.34. The van der Waals surface area contributed by atoms with E-state index < -0.39 is 18.4 Å². The monoisotopic (exact) mass is 120 g/mol. The second kappa shape index (κ2) is 1.67. The molecule has 8 heavy (non-hydrogen) atoms. The normalized spacial score (nSPS) is 27.4. The lowest BCUT2D eigenvalue weighted by molar-refractivity contribution is 0.0155. The SMILES string of the molecule is OCC(O)C1(F)CC1. The molecule has 2 N–H and O–H groups in total. The van der Waals surface area contributed by atoms with Crippen molar-refractivity contribution >= 4 is 0 Å². The van der Waals surface area contributed by atoms with Crippen molar-refractivity contribution in [2.45, 2.75) is 24.6 Å². The Morgan fingerprint density at radius 2 is 2.12 bits per heavy atom. The van der Waals surface area contributed by atoms with Crippen LogP contribution >= 0.6 is 0 Å². The van der Waals surface area contributed by atoms with Crippen LogP contribution in [0.5, 0.6) is 0 Å². The first-order chi connectivity index (χ1) is 3.69. The van der Waals surface area contributed by atoms with E-state index in [2.05, 4.69) is 0 Å². The van der Waals surface area contributed by atoms with Gasteiger partial charge in [-0.3, -0.25) is 0 Å². The molecule has 0 amide bonds. The van der Waals surface area contributed by atoms with Crippen molar-refractivity contribution in [3.63, 3.8) is 0 Å². The van der Waals surface area contributed by atoms with E-state index in [-0.39, 0.29) is 0 Å². The third kappa shape index (κ3) is 0.833. The highest BCUT2D eigenvalue weighted by atomic mass is 19.1. The lowest BCUT2D eigenvalue weighted by Crippen LogP contribution is -2.26. The second-order valence-electron chi connectivity index (χ2n) is 2.23. The summed E-state index contributed by atoms with van der Waals surface area (Å²) >= 11 is 0. The standard InChI is InChI=1S/C5H9FO2/c6-5(1-2-5)4(8)3-7/h4,7-8H,1-3H2. The first-order valence-corrected chi connectivity index (χ1v) is 2.67. The molecule has 0 saturated heterocycles. The maximum atomic E-state index is 12.5. The quantitative estimate of drug-likeness (QED) is 0.531. The van der Waals surface area contributed by atoms with Crippen LogP contribution in [0.15, 0.2) is 0 Å². The summed E-state index contributed by atoms with van der Waals surface area (Å²) in [5.74, 6) is 0. The van der Waals surface area contributed by atoms with Gasteiger partial charge in [-0.25, -0.2) is 4.39 Å². The number of halogens is 1. The topological polar surface area (TPSA) is 40.5 Å². The third-order valence-electron chi connectivity index (χ3n) is 1.50. The van der Waals surface area contributed by atoms with Gasteiger partial charge in [0.2, 0.25) is 0 Å². The van der Waals surface area contributed by atoms with Crippen molar-refractivity contribution in [2.24, 2.45) is 0 Å². The fourth-order valence-corrected chi connectivity index (χ4v) is 0.616. The van der Waals surface area contributed by atoms with Gasteiger partial charge in [-0.2, -0.15) is 0 Å². The summed E-state index contributed by atoms with van der Waals surface area (Å²) < 4.78 is 12.5. The molecule has 2 nitrogen and oxygen atoms in total. The Morgan fingerprint density at radius 3 is 2.25 bits per heavy atom. The molecule has 0 bridgehead atoms. The maximum absolute atomic E-state index is 12.5. The predicted octanol–water partition coefficient (Wildman–Crippen LogP) is -0.158. The van der Waals surface area contributed by atoms with Gasteiger partial charge >= 0.3 is 0 Å². The Kier molecular flexibility index (Phi) is 1.25. The predicted molar refractivity (Wildman–Crippen MR) is 26.2 cm³/mol. The van der Waals surface area contributed by atoms with E-state index in [1.165, 1.54) is 0 Å². The van der Waals surface area contributed by atoms with Crippen LogP contribution < -0.4 is 0 Å². The zero-order valence-electron chi connectivity index (χ0n) is 4.47. The summed E-state index contributed by atoms with van der Waals surface area (Å²) in [7, 11) is 0. The van der Waals surface area contributed by atoms with Crippen molar-refractivity contribution in [2.75, 3.05) is 6.61 Å². The number of hydrogen-bond donors (Lipinski definition) is 2. The Morgan fingerprint density at radius 1 is 1.62 bits per heavy atom. The molecule has 0 spiro atoms. The summed E-state index contributed by atoms with van der Waals surface area (Å²) in [4.78, 5) is 0. The number of rotatable bonds is 2. The van der Waals surface area contributed by atoms with Gasteiger partial charge in [0, 0.05) is 0 Å². The van der Waals surface area contributed by atoms with Gasteiger partial charge in [-0.05, 0) is 12.8 Å². The lowest BCUT2D eigenvalue weighted by Gasteiger charge is -2.08. The molecule has 1 rings (SSSR count). The molecule has 3 heteroatoms. The van der Waals surface area contributed by atoms with Gasteiger partial charge in [0.05, 0.1) is 6.61 Å². The highest BCUT2D eigenvalue weighted by Gasteiger charge is 2.49. The zero-order chi connectivity index (χ0) is 6.20. The van der Waals surface area contributed by atoms with E-state index in [0.717, 1.165) is 0 Å². The summed E-state index contributed by atoms with van der Waals surface area (Å²) in [5.41, 5.74) is -1.44. The highest BCUT2D eigenvalue weighted by Crippen LogP contribution is 2.42. The van der Waals surface area contributed by atoms with Gasteiger partial charge in [0.25, 0.3) is 0 Å². The molecule has 1 aliphatic carbocycles. The molecule has 0 aromatic heterocycles. The van der Waals surface area contributed by atoms with Crippen LogP contribution in [0.2, 0.25) is 0 Å². The first-order valence-electron chi connectivity index (χ1n) is 2.67. The van der Waals surface area contributed by atoms with E-state index >= 15 is 0 Å². The van der Waals surface area contributed by atoms with E-state index in [1.54, 1.807) is 0 Å². The number of alkyl halides is 1. The Bertz CT molecular complexity index is 90.4. The van der Waals surface area contributed by atoms with E-state index in [9.17, 15) is 4.39 Å². The van der Waals surface area contributed by atoms with Crippen LogP contribution in [0.3, 0.4) is 0 Å². The fourth-order valence-electron chi connectivity index (χ4n) is 0.616. The molecular formula is C5H9FO2. The number of hydrogen-bond acceptors (Lipinski definition) is 2. The van der Waals surface area contributed by atoms with Crippen molar-refractivity contribution in [3.05, 3.63) is 0 Å². The smallest absolute Gasteiger partial charge is 0.139 e. The fraction of sp³-hybridized carbons (Fsp3) is 1.00. The summed E-state index contributed by atoms with van der Waals surface area (Å²) in [5, 5.41) is 16.9. The molecular weight excluding hydrogens is 111 g/mol. The molecule has 1 unspecified atom stereocenters. The molecule has 0 heterocycles. The van der Waals surface area contributed by atoms with Crippen LogP contribution in [-0.4, -0.2) is 28.6 Å². The average molecular weight is 120 g/mol. The number of aliphatic hydroxyl groups is 2. The molecule has 0 aliphatic heterocycles. The van der Waals surface area contributed by atoms with Gasteiger partial charge < -0.3 is 10.2 Å². The summed E-state index contributed by atoms with van der Waals surface area (Å²) in [6, 6.07) is 0. The number of aliphatic hydroxyl groups excluding tert-OH is 2. The average Bonchev–Trinajstić information content (AvgIpc) is 2.47. The van der Waals surface area contributed by atoms with Crippen molar-refractivity contribution in [1.29, 1.82) is 0 Å². The molecule has 0 aromatic carbocycles. The minimum Gasteiger partial charge on any atom is -0.394 e. The Hall–Kier alpha value is -0.150. The minimum absolute atomic E-state index is 0.398. The summed E-state index contributed by atoms with van der Waals surface area (Å²) in [6.45, 7) is -0.462. The van der Waals surface area contributed by atoms with Crippen LogP contribution in [0.1, 0.15) is 12.8 Å². The lowest BCUT2D eigenvalue weighted by atomic mass is 10.2. The molecule has 48 valence electrons. The van der Waals surface area contributed by atoms with Crippen LogP contribution in [0.4, 0.5) is 4.39 Å². The van der Waals surface area contributed by atoms with Gasteiger partial charge in [0.15, 0.2) is 0 Å². The maximum Gasteiger partial charge on any atom is 0.139 e. The Labute approximate surface area is 46.9 Å². The third-order valence-corrected chi connectivity index (χ3v) is 1.50. The van der Waals surface area contributed by atoms with Crippen LogP contribution in [0, 0.1) is 0 Å². The van der Waals surface area contributed by atoms with Crippen molar-refractivity contribution in [1.82, 2.24) is 0 Å². The largest absolute Gasteiger partial charge is 0.394 e. The molecule has 1 fully saturated rings. The minimum atomic E-state index is -1.44. The molecule has 0 radical (unpaired) electrons. The van der Waals surface area contributed by atoms with Crippen LogP contribution in [0.25, 0.3) is 0 Å². The molecule has 1 atom stereocenters. The van der Waals surface area contributed by atoms with Crippen LogP contribution in [-0.2, 0) is 0 Å². The first kappa shape index (κ1) is 5.98.